The molecule has 2 rings (SSSR count). The molecular formula is C15H27NO3. The lowest BCUT2D eigenvalue weighted by molar-refractivity contribution is -0.0425. The van der Waals surface area contributed by atoms with E-state index in [1.54, 1.807) is 0 Å². The molecule has 4 nitrogen and oxygen atoms in total. The first kappa shape index (κ1) is 14.6. The third-order valence-corrected chi connectivity index (χ3v) is 4.49. The van der Waals surface area contributed by atoms with Crippen molar-refractivity contribution in [1.82, 2.24) is 5.32 Å². The number of rotatable bonds is 3. The van der Waals surface area contributed by atoms with Crippen LogP contribution in [0.4, 0.5) is 4.79 Å². The van der Waals surface area contributed by atoms with Gasteiger partial charge in [0.1, 0.15) is 12.2 Å². The molecular weight excluding hydrogens is 242 g/mol. The van der Waals surface area contributed by atoms with Crippen molar-refractivity contribution in [2.45, 2.75) is 58.7 Å². The Labute approximate surface area is 116 Å². The summed E-state index contributed by atoms with van der Waals surface area (Å²) in [5.74, 6) is 1.67. The zero-order valence-electron chi connectivity index (χ0n) is 12.4. The first-order chi connectivity index (χ1) is 9.06. The molecule has 110 valence electrons. The van der Waals surface area contributed by atoms with E-state index in [9.17, 15) is 4.79 Å². The highest BCUT2D eigenvalue weighted by Crippen LogP contribution is 2.35. The van der Waals surface area contributed by atoms with Gasteiger partial charge in [-0.25, -0.2) is 4.79 Å². The zero-order chi connectivity index (χ0) is 13.8. The van der Waals surface area contributed by atoms with E-state index >= 15 is 0 Å². The molecule has 19 heavy (non-hydrogen) atoms. The molecule has 1 saturated heterocycles. The van der Waals surface area contributed by atoms with Crippen LogP contribution < -0.4 is 5.32 Å². The quantitative estimate of drug-likeness (QED) is 0.800. The zero-order valence-corrected chi connectivity index (χ0v) is 12.4. The van der Waals surface area contributed by atoms with Gasteiger partial charge in [0.05, 0.1) is 0 Å². The van der Waals surface area contributed by atoms with Crippen molar-refractivity contribution < 1.29 is 14.3 Å². The summed E-state index contributed by atoms with van der Waals surface area (Å²) in [7, 11) is 0. The van der Waals surface area contributed by atoms with Gasteiger partial charge < -0.3 is 14.8 Å². The molecule has 0 spiro atoms. The topological polar surface area (TPSA) is 47.6 Å². The van der Waals surface area contributed by atoms with Crippen LogP contribution in [0.2, 0.25) is 0 Å². The average molecular weight is 269 g/mol. The fourth-order valence-corrected chi connectivity index (χ4v) is 3.27. The molecule has 4 atom stereocenters. The Balaban J connectivity index is 1.85. The van der Waals surface area contributed by atoms with Gasteiger partial charge in [-0.05, 0) is 43.6 Å². The lowest BCUT2D eigenvalue weighted by atomic mass is 9.75. The monoisotopic (exact) mass is 269 g/mol. The van der Waals surface area contributed by atoms with Gasteiger partial charge in [-0.3, -0.25) is 0 Å². The predicted molar refractivity (Wildman–Crippen MR) is 74.0 cm³/mol. The van der Waals surface area contributed by atoms with Crippen LogP contribution >= 0.6 is 0 Å². The summed E-state index contributed by atoms with van der Waals surface area (Å²) in [5.41, 5.74) is 0. The molecule has 0 unspecified atom stereocenters. The maximum absolute atomic E-state index is 11.9. The molecule has 0 amide bonds. The van der Waals surface area contributed by atoms with Crippen LogP contribution in [0.25, 0.3) is 0 Å². The number of hydrogen-bond donors (Lipinski definition) is 1. The largest absolute Gasteiger partial charge is 0.508 e. The standard InChI is InChI=1S/C15H27NO3/c1-10(2)13-5-4-11(3)8-14(13)19-15(17)18-12-6-7-16-9-12/h10-14,16H,4-9H2,1-3H3/t11-,12+,13+,14-/m0/s1. The van der Waals surface area contributed by atoms with Gasteiger partial charge in [0, 0.05) is 6.54 Å². The Bertz CT molecular complexity index is 300. The van der Waals surface area contributed by atoms with E-state index in [0.29, 0.717) is 17.8 Å². The lowest BCUT2D eigenvalue weighted by Crippen LogP contribution is -2.36. The van der Waals surface area contributed by atoms with Crippen LogP contribution in [-0.2, 0) is 9.47 Å². The summed E-state index contributed by atoms with van der Waals surface area (Å²) in [6, 6.07) is 0. The van der Waals surface area contributed by atoms with Crippen molar-refractivity contribution in [3.8, 4) is 0 Å². The molecule has 2 fully saturated rings. The van der Waals surface area contributed by atoms with Crippen LogP contribution in [0.5, 0.6) is 0 Å². The van der Waals surface area contributed by atoms with E-state index < -0.39 is 6.16 Å². The Morgan fingerprint density at radius 2 is 2.00 bits per heavy atom. The van der Waals surface area contributed by atoms with Crippen molar-refractivity contribution in [3.05, 3.63) is 0 Å². The summed E-state index contributed by atoms with van der Waals surface area (Å²) in [4.78, 5) is 11.9. The van der Waals surface area contributed by atoms with Crippen LogP contribution in [-0.4, -0.2) is 31.5 Å². The molecule has 1 heterocycles. The third kappa shape index (κ3) is 4.10. The second kappa shape index (κ2) is 6.60. The van der Waals surface area contributed by atoms with E-state index in [-0.39, 0.29) is 12.2 Å². The fourth-order valence-electron chi connectivity index (χ4n) is 3.27. The number of nitrogens with one attached hydrogen (secondary N) is 1. The van der Waals surface area contributed by atoms with Gasteiger partial charge >= 0.3 is 6.16 Å². The van der Waals surface area contributed by atoms with Crippen molar-refractivity contribution in [2.24, 2.45) is 17.8 Å². The molecule has 2 aliphatic rings. The Kier molecular flexibility index (Phi) is 5.08. The molecule has 1 aliphatic heterocycles. The lowest BCUT2D eigenvalue weighted by Gasteiger charge is -2.36. The van der Waals surface area contributed by atoms with Gasteiger partial charge in [0.15, 0.2) is 0 Å². The first-order valence-corrected chi connectivity index (χ1v) is 7.64. The number of hydrogen-bond acceptors (Lipinski definition) is 4. The minimum Gasteiger partial charge on any atom is -0.431 e. The van der Waals surface area contributed by atoms with Gasteiger partial charge in [-0.2, -0.15) is 0 Å². The highest BCUT2D eigenvalue weighted by molar-refractivity contribution is 5.60. The van der Waals surface area contributed by atoms with Gasteiger partial charge in [0.2, 0.25) is 0 Å². The molecule has 1 N–H and O–H groups in total. The molecule has 1 saturated carbocycles. The van der Waals surface area contributed by atoms with Crippen molar-refractivity contribution in [3.63, 3.8) is 0 Å². The fraction of sp³-hybridized carbons (Fsp3) is 0.933. The van der Waals surface area contributed by atoms with E-state index in [1.807, 2.05) is 0 Å². The Hall–Kier alpha value is -0.770. The van der Waals surface area contributed by atoms with Gasteiger partial charge in [0.25, 0.3) is 0 Å². The van der Waals surface area contributed by atoms with Crippen molar-refractivity contribution in [1.29, 1.82) is 0 Å². The normalized spacial score (nSPS) is 35.4. The summed E-state index contributed by atoms with van der Waals surface area (Å²) in [6.45, 7) is 8.34. The van der Waals surface area contributed by atoms with Crippen LogP contribution in [0.15, 0.2) is 0 Å². The number of ether oxygens (including phenoxy) is 2. The van der Waals surface area contributed by atoms with E-state index in [4.69, 9.17) is 9.47 Å². The third-order valence-electron chi connectivity index (χ3n) is 4.49. The van der Waals surface area contributed by atoms with Crippen molar-refractivity contribution >= 4 is 6.16 Å². The second-order valence-electron chi connectivity index (χ2n) is 6.47. The number of carbonyl (C=O) groups excluding carboxylic acids is 1. The summed E-state index contributed by atoms with van der Waals surface area (Å²) >= 11 is 0. The second-order valence-corrected chi connectivity index (χ2v) is 6.47. The summed E-state index contributed by atoms with van der Waals surface area (Å²) in [5, 5.41) is 3.18. The predicted octanol–water partition coefficient (Wildman–Crippen LogP) is 2.96. The number of carbonyl (C=O) groups is 1. The Morgan fingerprint density at radius 3 is 2.63 bits per heavy atom. The molecule has 0 aromatic carbocycles. The minimum absolute atomic E-state index is 0.00832. The van der Waals surface area contributed by atoms with Gasteiger partial charge in [-0.1, -0.05) is 27.2 Å². The van der Waals surface area contributed by atoms with Crippen LogP contribution in [0.3, 0.4) is 0 Å². The summed E-state index contributed by atoms with van der Waals surface area (Å²) < 4.78 is 11.0. The molecule has 4 heteroatoms. The average Bonchev–Trinajstić information content (AvgIpc) is 2.81. The Morgan fingerprint density at radius 1 is 1.21 bits per heavy atom. The summed E-state index contributed by atoms with van der Waals surface area (Å²) in [6.07, 6.45) is 3.81. The minimum atomic E-state index is -0.474. The van der Waals surface area contributed by atoms with Crippen LogP contribution in [0, 0.1) is 17.8 Å². The SMILES string of the molecule is CC(C)[C@H]1CC[C@H](C)C[C@@H]1OC(=O)O[C@@H]1CCNC1. The van der Waals surface area contributed by atoms with E-state index in [0.717, 1.165) is 32.4 Å². The highest BCUT2D eigenvalue weighted by Gasteiger charge is 2.34. The smallest absolute Gasteiger partial charge is 0.431 e. The molecule has 0 aromatic heterocycles. The van der Waals surface area contributed by atoms with Crippen molar-refractivity contribution in [2.75, 3.05) is 13.1 Å². The molecule has 0 aromatic rings. The van der Waals surface area contributed by atoms with Gasteiger partial charge in [-0.15, -0.1) is 0 Å². The molecule has 0 bridgehead atoms. The maximum Gasteiger partial charge on any atom is 0.508 e. The maximum atomic E-state index is 11.9. The van der Waals surface area contributed by atoms with E-state index in [1.165, 1.54) is 6.42 Å². The molecule has 1 aliphatic carbocycles. The van der Waals surface area contributed by atoms with Crippen LogP contribution in [0.1, 0.15) is 46.5 Å². The first-order valence-electron chi connectivity index (χ1n) is 7.64. The highest BCUT2D eigenvalue weighted by atomic mass is 16.7. The van der Waals surface area contributed by atoms with E-state index in [2.05, 4.69) is 26.1 Å². The molecule has 0 radical (unpaired) electrons.